The number of benzene rings is 1. The molecule has 2 aromatic rings. The zero-order chi connectivity index (χ0) is 15.2. The third-order valence-corrected chi connectivity index (χ3v) is 3.45. The molecule has 0 spiro atoms. The highest BCUT2D eigenvalue weighted by molar-refractivity contribution is 9.10. The number of hydrogen-bond donors (Lipinski definition) is 0. The zero-order valence-electron chi connectivity index (χ0n) is 12.0. The Morgan fingerprint density at radius 3 is 2.81 bits per heavy atom. The van der Waals surface area contributed by atoms with Crippen molar-refractivity contribution in [2.45, 2.75) is 19.6 Å². The Morgan fingerprint density at radius 2 is 2.14 bits per heavy atom. The van der Waals surface area contributed by atoms with Crippen LogP contribution in [0.1, 0.15) is 12.6 Å². The molecule has 0 aliphatic carbocycles. The molecular weight excluding hydrogens is 332 g/mol. The van der Waals surface area contributed by atoms with Gasteiger partial charge in [-0.1, -0.05) is 28.1 Å². The van der Waals surface area contributed by atoms with Gasteiger partial charge in [-0.15, -0.1) is 0 Å². The minimum absolute atomic E-state index is 0.0828. The largest absolute Gasteiger partial charge is 0.481 e. The van der Waals surface area contributed by atoms with Crippen LogP contribution in [-0.4, -0.2) is 28.9 Å². The predicted octanol–water partition coefficient (Wildman–Crippen LogP) is 3.27. The number of rotatable bonds is 5. The maximum absolute atomic E-state index is 12.3. The average Bonchev–Trinajstić information content (AvgIpc) is 2.47. The number of halogens is 1. The van der Waals surface area contributed by atoms with E-state index in [1.54, 1.807) is 25.1 Å². The molecule has 1 aromatic carbocycles. The van der Waals surface area contributed by atoms with E-state index in [1.807, 2.05) is 42.5 Å². The molecule has 1 atom stereocenters. The van der Waals surface area contributed by atoms with Crippen LogP contribution in [0, 0.1) is 0 Å². The summed E-state index contributed by atoms with van der Waals surface area (Å²) in [5.74, 6) is 0.581. The molecule has 5 heteroatoms. The van der Waals surface area contributed by atoms with Crippen molar-refractivity contribution < 1.29 is 9.53 Å². The number of likely N-dealkylation sites (N-methyl/N-ethyl adjacent to an activating group) is 1. The van der Waals surface area contributed by atoms with Crippen molar-refractivity contribution in [3.8, 4) is 5.75 Å². The third kappa shape index (κ3) is 4.56. The van der Waals surface area contributed by atoms with Gasteiger partial charge in [0.25, 0.3) is 5.91 Å². The molecule has 0 unspecified atom stereocenters. The summed E-state index contributed by atoms with van der Waals surface area (Å²) in [6.07, 6.45) is 1.17. The summed E-state index contributed by atoms with van der Waals surface area (Å²) in [6.45, 7) is 2.21. The smallest absolute Gasteiger partial charge is 0.263 e. The number of amides is 1. The van der Waals surface area contributed by atoms with Crippen molar-refractivity contribution in [1.29, 1.82) is 0 Å². The van der Waals surface area contributed by atoms with Gasteiger partial charge < -0.3 is 9.64 Å². The van der Waals surface area contributed by atoms with Gasteiger partial charge in [-0.2, -0.15) is 0 Å². The maximum Gasteiger partial charge on any atom is 0.263 e. The fourth-order valence-corrected chi connectivity index (χ4v) is 2.30. The van der Waals surface area contributed by atoms with Crippen LogP contribution in [-0.2, 0) is 11.3 Å². The Kier molecular flexibility index (Phi) is 5.33. The molecule has 0 aliphatic rings. The maximum atomic E-state index is 12.3. The summed E-state index contributed by atoms with van der Waals surface area (Å²) >= 11 is 3.38. The fraction of sp³-hybridized carbons (Fsp3) is 0.250. The van der Waals surface area contributed by atoms with E-state index in [-0.39, 0.29) is 5.91 Å². The van der Waals surface area contributed by atoms with Crippen LogP contribution in [0.25, 0.3) is 0 Å². The molecule has 1 heterocycles. The molecule has 4 nitrogen and oxygen atoms in total. The Labute approximate surface area is 132 Å². The van der Waals surface area contributed by atoms with Crippen molar-refractivity contribution in [2.24, 2.45) is 0 Å². The van der Waals surface area contributed by atoms with Crippen LogP contribution in [0.5, 0.6) is 5.75 Å². The van der Waals surface area contributed by atoms with Gasteiger partial charge in [0, 0.05) is 17.7 Å². The van der Waals surface area contributed by atoms with Gasteiger partial charge in [-0.3, -0.25) is 9.78 Å². The molecule has 110 valence electrons. The SMILES string of the molecule is C[C@@H](Oc1cccc(Br)c1)C(=O)N(C)Cc1ccccn1. The highest BCUT2D eigenvalue weighted by Crippen LogP contribution is 2.19. The Morgan fingerprint density at radius 1 is 1.33 bits per heavy atom. The Bertz CT molecular complexity index is 604. The quantitative estimate of drug-likeness (QED) is 0.832. The Hall–Kier alpha value is -1.88. The zero-order valence-corrected chi connectivity index (χ0v) is 13.6. The second-order valence-electron chi connectivity index (χ2n) is 4.73. The van der Waals surface area contributed by atoms with E-state index in [0.29, 0.717) is 12.3 Å². The summed E-state index contributed by atoms with van der Waals surface area (Å²) in [4.78, 5) is 18.1. The molecule has 2 rings (SSSR count). The lowest BCUT2D eigenvalue weighted by molar-refractivity contribution is -0.137. The minimum Gasteiger partial charge on any atom is -0.481 e. The van der Waals surface area contributed by atoms with Crippen molar-refractivity contribution in [3.05, 3.63) is 58.8 Å². The first-order valence-corrected chi connectivity index (χ1v) is 7.42. The number of carbonyl (C=O) groups is 1. The van der Waals surface area contributed by atoms with E-state index in [0.717, 1.165) is 10.2 Å². The van der Waals surface area contributed by atoms with Gasteiger partial charge in [0.05, 0.1) is 12.2 Å². The topological polar surface area (TPSA) is 42.4 Å². The molecule has 21 heavy (non-hydrogen) atoms. The molecule has 0 bridgehead atoms. The first kappa shape index (κ1) is 15.5. The van der Waals surface area contributed by atoms with Gasteiger partial charge >= 0.3 is 0 Å². The van der Waals surface area contributed by atoms with E-state index in [1.165, 1.54) is 0 Å². The monoisotopic (exact) mass is 348 g/mol. The highest BCUT2D eigenvalue weighted by atomic mass is 79.9. The van der Waals surface area contributed by atoms with Gasteiger partial charge in [0.1, 0.15) is 5.75 Å². The second kappa shape index (κ2) is 7.22. The van der Waals surface area contributed by atoms with Crippen LogP contribution in [0.4, 0.5) is 0 Å². The van der Waals surface area contributed by atoms with Gasteiger partial charge in [0.2, 0.25) is 0 Å². The van der Waals surface area contributed by atoms with E-state index in [4.69, 9.17) is 4.74 Å². The number of nitrogens with zero attached hydrogens (tertiary/aromatic N) is 2. The molecule has 0 fully saturated rings. The lowest BCUT2D eigenvalue weighted by atomic mass is 10.3. The number of ether oxygens (including phenoxy) is 1. The molecule has 1 aromatic heterocycles. The standard InChI is InChI=1S/C16H17BrN2O2/c1-12(21-15-8-5-6-13(17)10-15)16(20)19(2)11-14-7-3-4-9-18-14/h3-10,12H,11H2,1-2H3/t12-/m1/s1. The molecule has 1 amide bonds. The third-order valence-electron chi connectivity index (χ3n) is 2.96. The van der Waals surface area contributed by atoms with Gasteiger partial charge in [0.15, 0.2) is 6.10 Å². The van der Waals surface area contributed by atoms with E-state index < -0.39 is 6.10 Å². The summed E-state index contributed by atoms with van der Waals surface area (Å²) < 4.78 is 6.59. The molecule has 0 aliphatic heterocycles. The highest BCUT2D eigenvalue weighted by Gasteiger charge is 2.19. The molecular formula is C16H17BrN2O2. The summed E-state index contributed by atoms with van der Waals surface area (Å²) in [7, 11) is 1.75. The summed E-state index contributed by atoms with van der Waals surface area (Å²) in [5.41, 5.74) is 0.850. The van der Waals surface area contributed by atoms with Crippen molar-refractivity contribution >= 4 is 21.8 Å². The van der Waals surface area contributed by atoms with Crippen molar-refractivity contribution in [1.82, 2.24) is 9.88 Å². The van der Waals surface area contributed by atoms with Crippen molar-refractivity contribution in [2.75, 3.05) is 7.05 Å². The molecule has 0 radical (unpaired) electrons. The normalized spacial score (nSPS) is 11.8. The van der Waals surface area contributed by atoms with Crippen LogP contribution < -0.4 is 4.74 Å². The number of pyridine rings is 1. The van der Waals surface area contributed by atoms with E-state index in [2.05, 4.69) is 20.9 Å². The van der Waals surface area contributed by atoms with Gasteiger partial charge in [-0.25, -0.2) is 0 Å². The lowest BCUT2D eigenvalue weighted by Crippen LogP contribution is -2.37. The summed E-state index contributed by atoms with van der Waals surface area (Å²) in [6, 6.07) is 13.1. The lowest BCUT2D eigenvalue weighted by Gasteiger charge is -2.22. The first-order valence-electron chi connectivity index (χ1n) is 6.63. The second-order valence-corrected chi connectivity index (χ2v) is 5.65. The number of hydrogen-bond acceptors (Lipinski definition) is 3. The van der Waals surface area contributed by atoms with Crippen molar-refractivity contribution in [3.63, 3.8) is 0 Å². The predicted molar refractivity (Wildman–Crippen MR) is 84.9 cm³/mol. The van der Waals surface area contributed by atoms with Crippen LogP contribution in [0.15, 0.2) is 53.1 Å². The van der Waals surface area contributed by atoms with E-state index >= 15 is 0 Å². The van der Waals surface area contributed by atoms with Gasteiger partial charge in [-0.05, 0) is 37.3 Å². The minimum atomic E-state index is -0.548. The molecule has 0 saturated heterocycles. The van der Waals surface area contributed by atoms with E-state index in [9.17, 15) is 4.79 Å². The fourth-order valence-electron chi connectivity index (χ4n) is 1.92. The number of carbonyl (C=O) groups excluding carboxylic acids is 1. The van der Waals surface area contributed by atoms with Crippen LogP contribution in [0.2, 0.25) is 0 Å². The molecule has 0 saturated carbocycles. The number of aromatic nitrogens is 1. The molecule has 0 N–H and O–H groups in total. The Balaban J connectivity index is 1.95. The first-order chi connectivity index (χ1) is 10.1. The summed E-state index contributed by atoms with van der Waals surface area (Å²) in [5, 5.41) is 0. The van der Waals surface area contributed by atoms with Crippen LogP contribution in [0.3, 0.4) is 0 Å². The average molecular weight is 349 g/mol. The van der Waals surface area contributed by atoms with Crippen LogP contribution >= 0.6 is 15.9 Å².